The SMILES string of the molecule is COc1ccccc1[C@H]1CN2C(=O)N(c3cccc(F)c3)C(=O)[C@]2(C)c2[nH]c3ccccc3c21. The molecule has 6 rings (SSSR count). The molecule has 3 heterocycles. The molecular formula is C27H22FN3O3. The number of hydrogen-bond donors (Lipinski definition) is 1. The smallest absolute Gasteiger partial charge is 0.332 e. The van der Waals surface area contributed by atoms with Crippen LogP contribution < -0.4 is 9.64 Å². The minimum atomic E-state index is -1.25. The number of para-hydroxylation sites is 2. The van der Waals surface area contributed by atoms with Gasteiger partial charge in [0, 0.05) is 28.9 Å². The molecule has 2 atom stereocenters. The highest BCUT2D eigenvalue weighted by Crippen LogP contribution is 2.51. The van der Waals surface area contributed by atoms with Crippen LogP contribution in [0.4, 0.5) is 14.9 Å². The molecule has 34 heavy (non-hydrogen) atoms. The van der Waals surface area contributed by atoms with Crippen molar-refractivity contribution in [3.63, 3.8) is 0 Å². The number of carbonyl (C=O) groups is 2. The molecule has 7 heteroatoms. The van der Waals surface area contributed by atoms with E-state index < -0.39 is 23.3 Å². The number of halogens is 1. The summed E-state index contributed by atoms with van der Waals surface area (Å²) in [6.07, 6.45) is 0. The molecule has 0 saturated carbocycles. The molecule has 0 unspecified atom stereocenters. The van der Waals surface area contributed by atoms with Crippen LogP contribution in [0, 0.1) is 5.82 Å². The summed E-state index contributed by atoms with van der Waals surface area (Å²) in [7, 11) is 1.62. The van der Waals surface area contributed by atoms with Crippen molar-refractivity contribution in [3.05, 3.63) is 95.4 Å². The fourth-order valence-corrected chi connectivity index (χ4v) is 5.47. The zero-order valence-electron chi connectivity index (χ0n) is 18.7. The Hall–Kier alpha value is -4.13. The van der Waals surface area contributed by atoms with E-state index >= 15 is 0 Å². The van der Waals surface area contributed by atoms with Crippen LogP contribution in [0.2, 0.25) is 0 Å². The zero-order valence-corrected chi connectivity index (χ0v) is 18.7. The normalized spacial score (nSPS) is 21.7. The van der Waals surface area contributed by atoms with Gasteiger partial charge in [-0.25, -0.2) is 14.1 Å². The van der Waals surface area contributed by atoms with Gasteiger partial charge >= 0.3 is 6.03 Å². The fourth-order valence-electron chi connectivity index (χ4n) is 5.47. The highest BCUT2D eigenvalue weighted by atomic mass is 19.1. The maximum absolute atomic E-state index is 14.0. The lowest BCUT2D eigenvalue weighted by Gasteiger charge is -2.40. The lowest BCUT2D eigenvalue weighted by Crippen LogP contribution is -2.50. The molecular weight excluding hydrogens is 433 g/mol. The number of anilines is 1. The van der Waals surface area contributed by atoms with Gasteiger partial charge in [-0.1, -0.05) is 42.5 Å². The number of fused-ring (bicyclic) bond motifs is 5. The summed E-state index contributed by atoms with van der Waals surface area (Å²) in [5.74, 6) is -0.424. The van der Waals surface area contributed by atoms with Crippen LogP contribution in [0.3, 0.4) is 0 Å². The van der Waals surface area contributed by atoms with E-state index in [1.54, 1.807) is 25.0 Å². The van der Waals surface area contributed by atoms with Gasteiger partial charge in [-0.2, -0.15) is 0 Å². The van der Waals surface area contributed by atoms with E-state index in [9.17, 15) is 14.0 Å². The van der Waals surface area contributed by atoms with Crippen molar-refractivity contribution in [2.24, 2.45) is 0 Å². The number of nitrogens with one attached hydrogen (secondary N) is 1. The Morgan fingerprint density at radius 3 is 2.59 bits per heavy atom. The van der Waals surface area contributed by atoms with Crippen LogP contribution in [-0.4, -0.2) is 35.5 Å². The highest BCUT2D eigenvalue weighted by Gasteiger charge is 2.60. The zero-order chi connectivity index (χ0) is 23.6. The summed E-state index contributed by atoms with van der Waals surface area (Å²) in [4.78, 5) is 33.7. The lowest BCUT2D eigenvalue weighted by atomic mass is 9.78. The average Bonchev–Trinajstić information content (AvgIpc) is 3.33. The number of carbonyl (C=O) groups excluding carboxylic acids is 2. The molecule has 6 nitrogen and oxygen atoms in total. The molecule has 1 N–H and O–H groups in total. The monoisotopic (exact) mass is 455 g/mol. The van der Waals surface area contributed by atoms with Crippen molar-refractivity contribution < 1.29 is 18.7 Å². The molecule has 0 aliphatic carbocycles. The number of nitrogens with zero attached hydrogens (tertiary/aromatic N) is 2. The number of benzene rings is 3. The summed E-state index contributed by atoms with van der Waals surface area (Å²) in [5, 5.41) is 0.999. The highest BCUT2D eigenvalue weighted by molar-refractivity contribution is 6.23. The topological polar surface area (TPSA) is 65.6 Å². The molecule has 3 amide bonds. The number of rotatable bonds is 3. The Bertz CT molecular complexity index is 1480. The molecule has 0 radical (unpaired) electrons. The molecule has 1 saturated heterocycles. The standard InChI is InChI=1S/C27H22FN3O3/c1-27-24-23(19-11-3-5-12-21(19)29-24)20(18-10-4-6-13-22(18)34-2)15-30(27)26(33)31(25(27)32)17-9-7-8-16(28)14-17/h3-14,20,29H,15H2,1-2H3/t20-,27+/m1/s1. The Morgan fingerprint density at radius 1 is 1.03 bits per heavy atom. The van der Waals surface area contributed by atoms with Gasteiger partial charge in [-0.15, -0.1) is 0 Å². The van der Waals surface area contributed by atoms with Gasteiger partial charge < -0.3 is 14.6 Å². The number of H-pyrrole nitrogens is 1. The van der Waals surface area contributed by atoms with E-state index in [-0.39, 0.29) is 18.2 Å². The number of aromatic amines is 1. The number of ether oxygens (including phenoxy) is 1. The van der Waals surface area contributed by atoms with Gasteiger partial charge in [0.2, 0.25) is 0 Å². The Kier molecular flexibility index (Phi) is 4.33. The van der Waals surface area contributed by atoms with E-state index in [0.29, 0.717) is 11.4 Å². The number of amides is 3. The second-order valence-corrected chi connectivity index (χ2v) is 8.84. The molecule has 170 valence electrons. The Labute approximate surface area is 195 Å². The first kappa shape index (κ1) is 20.5. The Morgan fingerprint density at radius 2 is 1.79 bits per heavy atom. The third-order valence-electron chi connectivity index (χ3n) is 7.11. The second kappa shape index (κ2) is 7.18. The number of hydrogen-bond acceptors (Lipinski definition) is 3. The van der Waals surface area contributed by atoms with Crippen molar-refractivity contribution in [2.75, 3.05) is 18.6 Å². The van der Waals surface area contributed by atoms with Gasteiger partial charge in [-0.05, 0) is 42.8 Å². The van der Waals surface area contributed by atoms with Crippen LogP contribution in [0.1, 0.15) is 29.7 Å². The number of urea groups is 1. The van der Waals surface area contributed by atoms with Crippen LogP contribution in [0.25, 0.3) is 10.9 Å². The van der Waals surface area contributed by atoms with Gasteiger partial charge in [0.1, 0.15) is 11.6 Å². The number of imide groups is 1. The predicted octanol–water partition coefficient (Wildman–Crippen LogP) is 5.15. The summed E-state index contributed by atoms with van der Waals surface area (Å²) in [5.41, 5.74) is 2.43. The van der Waals surface area contributed by atoms with Crippen LogP contribution >= 0.6 is 0 Å². The van der Waals surface area contributed by atoms with Crippen molar-refractivity contribution in [2.45, 2.75) is 18.4 Å². The predicted molar refractivity (Wildman–Crippen MR) is 126 cm³/mol. The molecule has 2 aliphatic rings. The minimum Gasteiger partial charge on any atom is -0.496 e. The van der Waals surface area contributed by atoms with Gasteiger partial charge in [0.15, 0.2) is 5.54 Å². The molecule has 2 aliphatic heterocycles. The maximum Gasteiger partial charge on any atom is 0.332 e. The third-order valence-corrected chi connectivity index (χ3v) is 7.11. The van der Waals surface area contributed by atoms with Crippen molar-refractivity contribution >= 4 is 28.5 Å². The molecule has 4 aromatic rings. The van der Waals surface area contributed by atoms with E-state index in [0.717, 1.165) is 26.9 Å². The average molecular weight is 455 g/mol. The summed E-state index contributed by atoms with van der Waals surface area (Å²) < 4.78 is 19.7. The largest absolute Gasteiger partial charge is 0.496 e. The van der Waals surface area contributed by atoms with Crippen molar-refractivity contribution in [3.8, 4) is 5.75 Å². The maximum atomic E-state index is 14.0. The van der Waals surface area contributed by atoms with Gasteiger partial charge in [-0.3, -0.25) is 4.79 Å². The van der Waals surface area contributed by atoms with Gasteiger partial charge in [0.05, 0.1) is 18.5 Å². The number of methoxy groups -OCH3 is 1. The first-order valence-electron chi connectivity index (χ1n) is 11.1. The molecule has 0 bridgehead atoms. The minimum absolute atomic E-state index is 0.220. The van der Waals surface area contributed by atoms with E-state index in [4.69, 9.17) is 4.74 Å². The van der Waals surface area contributed by atoms with Crippen molar-refractivity contribution in [1.82, 2.24) is 9.88 Å². The van der Waals surface area contributed by atoms with Crippen LogP contribution in [0.15, 0.2) is 72.8 Å². The summed E-state index contributed by atoms with van der Waals surface area (Å²) in [6.45, 7) is 2.04. The first-order chi connectivity index (χ1) is 16.4. The molecule has 0 spiro atoms. The first-order valence-corrected chi connectivity index (χ1v) is 11.1. The Balaban J connectivity index is 1.60. The molecule has 3 aromatic carbocycles. The quantitative estimate of drug-likeness (QED) is 0.435. The second-order valence-electron chi connectivity index (χ2n) is 8.84. The van der Waals surface area contributed by atoms with Crippen LogP contribution in [-0.2, 0) is 10.3 Å². The summed E-state index contributed by atoms with van der Waals surface area (Å²) in [6, 6.07) is 20.7. The molecule has 1 aromatic heterocycles. The molecule has 1 fully saturated rings. The van der Waals surface area contributed by atoms with Gasteiger partial charge in [0.25, 0.3) is 5.91 Å². The summed E-state index contributed by atoms with van der Waals surface area (Å²) >= 11 is 0. The van der Waals surface area contributed by atoms with Crippen molar-refractivity contribution in [1.29, 1.82) is 0 Å². The fraction of sp³-hybridized carbons (Fsp3) is 0.185. The lowest BCUT2D eigenvalue weighted by molar-refractivity contribution is -0.125. The van der Waals surface area contributed by atoms with Crippen LogP contribution in [0.5, 0.6) is 5.75 Å². The van der Waals surface area contributed by atoms with E-state index in [2.05, 4.69) is 4.98 Å². The number of aromatic nitrogens is 1. The van der Waals surface area contributed by atoms with E-state index in [1.807, 2.05) is 48.5 Å². The third kappa shape index (κ3) is 2.61. The van der Waals surface area contributed by atoms with E-state index in [1.165, 1.54) is 18.2 Å².